The van der Waals surface area contributed by atoms with Crippen LogP contribution in [0.15, 0.2) is 48.5 Å². The zero-order valence-corrected chi connectivity index (χ0v) is 16.6. The molecule has 0 radical (unpaired) electrons. The molecule has 3 rings (SSSR count). The van der Waals surface area contributed by atoms with Gasteiger partial charge in [0.25, 0.3) is 0 Å². The van der Waals surface area contributed by atoms with Gasteiger partial charge in [0.05, 0.1) is 13.2 Å². The second-order valence-corrected chi connectivity index (χ2v) is 7.25. The number of nitrogens with one attached hydrogen (secondary N) is 1. The second-order valence-electron chi connectivity index (χ2n) is 6.82. The van der Waals surface area contributed by atoms with Crippen molar-refractivity contribution in [3.63, 3.8) is 0 Å². The van der Waals surface area contributed by atoms with Crippen LogP contribution in [0.4, 0.5) is 0 Å². The van der Waals surface area contributed by atoms with Crippen molar-refractivity contribution in [1.29, 1.82) is 0 Å². The lowest BCUT2D eigenvalue weighted by Crippen LogP contribution is -2.36. The number of aliphatic hydroxyl groups excluding tert-OH is 1. The van der Waals surface area contributed by atoms with Gasteiger partial charge in [0.15, 0.2) is 0 Å². The van der Waals surface area contributed by atoms with Crippen LogP contribution in [0.2, 0.25) is 5.02 Å². The minimum atomic E-state index is -0.532. The molecule has 0 bridgehead atoms. The summed E-state index contributed by atoms with van der Waals surface area (Å²) in [6, 6.07) is 16.3. The smallest absolute Gasteiger partial charge is 0.119 e. The van der Waals surface area contributed by atoms with Gasteiger partial charge in [0.2, 0.25) is 0 Å². The van der Waals surface area contributed by atoms with E-state index in [1.807, 2.05) is 30.3 Å². The topological polar surface area (TPSA) is 41.5 Å². The third-order valence-corrected chi connectivity index (χ3v) is 5.31. The predicted molar refractivity (Wildman–Crippen MR) is 110 cm³/mol. The Morgan fingerprint density at radius 1 is 1.19 bits per heavy atom. The van der Waals surface area contributed by atoms with Crippen LogP contribution in [0, 0.1) is 0 Å². The number of benzene rings is 2. The molecule has 1 aliphatic rings. The average Bonchev–Trinajstić information content (AvgIpc) is 2.66. The van der Waals surface area contributed by atoms with Gasteiger partial charge < -0.3 is 15.2 Å². The molecule has 2 aromatic rings. The molecule has 0 amide bonds. The van der Waals surface area contributed by atoms with Crippen LogP contribution >= 0.6 is 24.0 Å². The summed E-state index contributed by atoms with van der Waals surface area (Å²) in [5.41, 5.74) is 2.21. The molecular weight excluding hydrogens is 369 g/mol. The molecule has 1 saturated carbocycles. The maximum atomic E-state index is 10.4. The quantitative estimate of drug-likeness (QED) is 0.712. The van der Waals surface area contributed by atoms with Gasteiger partial charge in [-0.15, -0.1) is 12.4 Å². The van der Waals surface area contributed by atoms with E-state index in [2.05, 4.69) is 23.5 Å². The van der Waals surface area contributed by atoms with Crippen LogP contribution < -0.4 is 10.1 Å². The van der Waals surface area contributed by atoms with Gasteiger partial charge in [-0.1, -0.05) is 42.3 Å². The summed E-state index contributed by atoms with van der Waals surface area (Å²) in [5, 5.41) is 14.6. The SMILES string of the molecule is COc1cccc(C2CCCC(NC[C@H](O)c3cccc(Cl)c3)C2)c1.Cl. The Hall–Kier alpha value is -1.26. The molecule has 0 spiro atoms. The van der Waals surface area contributed by atoms with Crippen molar-refractivity contribution in [2.75, 3.05) is 13.7 Å². The summed E-state index contributed by atoms with van der Waals surface area (Å²) in [6.07, 6.45) is 4.13. The molecule has 142 valence electrons. The monoisotopic (exact) mass is 395 g/mol. The molecule has 1 aliphatic carbocycles. The van der Waals surface area contributed by atoms with Gasteiger partial charge in [0, 0.05) is 17.6 Å². The number of aliphatic hydroxyl groups is 1. The largest absolute Gasteiger partial charge is 0.497 e. The summed E-state index contributed by atoms with van der Waals surface area (Å²) >= 11 is 6.01. The van der Waals surface area contributed by atoms with Crippen molar-refractivity contribution >= 4 is 24.0 Å². The van der Waals surface area contributed by atoms with E-state index < -0.39 is 6.10 Å². The highest BCUT2D eigenvalue weighted by Gasteiger charge is 2.24. The summed E-state index contributed by atoms with van der Waals surface area (Å²) in [4.78, 5) is 0. The lowest BCUT2D eigenvalue weighted by atomic mass is 9.81. The van der Waals surface area contributed by atoms with E-state index in [0.717, 1.165) is 24.2 Å². The lowest BCUT2D eigenvalue weighted by Gasteiger charge is -2.31. The van der Waals surface area contributed by atoms with Crippen molar-refractivity contribution in [3.05, 3.63) is 64.7 Å². The maximum Gasteiger partial charge on any atom is 0.119 e. The number of halogens is 2. The van der Waals surface area contributed by atoms with Gasteiger partial charge >= 0.3 is 0 Å². The van der Waals surface area contributed by atoms with Crippen LogP contribution in [0.1, 0.15) is 48.8 Å². The van der Waals surface area contributed by atoms with Gasteiger partial charge in [-0.05, 0) is 60.6 Å². The van der Waals surface area contributed by atoms with Crippen LogP contribution in [0.3, 0.4) is 0 Å². The minimum Gasteiger partial charge on any atom is -0.497 e. The van der Waals surface area contributed by atoms with Gasteiger partial charge in [-0.2, -0.15) is 0 Å². The number of rotatable bonds is 6. The van der Waals surface area contributed by atoms with Crippen LogP contribution in [-0.4, -0.2) is 24.8 Å². The fourth-order valence-electron chi connectivity index (χ4n) is 3.68. The first-order valence-corrected chi connectivity index (χ1v) is 9.34. The number of ether oxygens (including phenoxy) is 1. The van der Waals surface area contributed by atoms with E-state index in [4.69, 9.17) is 16.3 Å². The van der Waals surface area contributed by atoms with Crippen molar-refractivity contribution in [2.24, 2.45) is 0 Å². The van der Waals surface area contributed by atoms with Crippen LogP contribution in [0.5, 0.6) is 5.75 Å². The maximum absolute atomic E-state index is 10.4. The van der Waals surface area contributed by atoms with Crippen LogP contribution in [0.25, 0.3) is 0 Å². The molecule has 2 aromatic carbocycles. The van der Waals surface area contributed by atoms with E-state index in [0.29, 0.717) is 23.5 Å². The van der Waals surface area contributed by atoms with E-state index in [1.54, 1.807) is 7.11 Å². The summed E-state index contributed by atoms with van der Waals surface area (Å²) in [5.74, 6) is 1.47. The number of hydrogen-bond donors (Lipinski definition) is 2. The van der Waals surface area contributed by atoms with Gasteiger partial charge in [-0.3, -0.25) is 0 Å². The number of methoxy groups -OCH3 is 1. The molecule has 5 heteroatoms. The minimum absolute atomic E-state index is 0. The lowest BCUT2D eigenvalue weighted by molar-refractivity contribution is 0.164. The van der Waals surface area contributed by atoms with E-state index >= 15 is 0 Å². The third-order valence-electron chi connectivity index (χ3n) is 5.07. The summed E-state index contributed by atoms with van der Waals surface area (Å²) in [7, 11) is 1.71. The molecule has 0 saturated heterocycles. The third kappa shape index (κ3) is 5.62. The first kappa shape index (κ1) is 21.0. The number of hydrogen-bond acceptors (Lipinski definition) is 3. The Balaban J connectivity index is 0.00000243. The first-order chi connectivity index (χ1) is 12.2. The van der Waals surface area contributed by atoms with Gasteiger partial charge in [-0.25, -0.2) is 0 Å². The second kappa shape index (κ2) is 10.2. The Labute approximate surface area is 167 Å². The molecule has 3 atom stereocenters. The average molecular weight is 396 g/mol. The van der Waals surface area contributed by atoms with Crippen molar-refractivity contribution in [3.8, 4) is 5.75 Å². The molecule has 0 aromatic heterocycles. The highest BCUT2D eigenvalue weighted by atomic mass is 35.5. The van der Waals surface area contributed by atoms with E-state index in [-0.39, 0.29) is 12.4 Å². The molecule has 0 aliphatic heterocycles. The predicted octanol–water partition coefficient (Wildman–Crippen LogP) is 5.12. The molecule has 0 heterocycles. The Morgan fingerprint density at radius 3 is 2.77 bits per heavy atom. The van der Waals surface area contributed by atoms with E-state index in [1.165, 1.54) is 18.4 Å². The zero-order chi connectivity index (χ0) is 17.6. The molecule has 26 heavy (non-hydrogen) atoms. The fraction of sp³-hybridized carbons (Fsp3) is 0.429. The molecule has 2 N–H and O–H groups in total. The normalized spacial score (nSPS) is 20.9. The highest BCUT2D eigenvalue weighted by Crippen LogP contribution is 2.34. The Bertz CT molecular complexity index is 695. The van der Waals surface area contributed by atoms with Crippen molar-refractivity contribution in [1.82, 2.24) is 5.32 Å². The summed E-state index contributed by atoms with van der Waals surface area (Å²) in [6.45, 7) is 0.551. The van der Waals surface area contributed by atoms with E-state index in [9.17, 15) is 5.11 Å². The fourth-order valence-corrected chi connectivity index (χ4v) is 3.88. The van der Waals surface area contributed by atoms with Crippen LogP contribution in [-0.2, 0) is 0 Å². The first-order valence-electron chi connectivity index (χ1n) is 8.96. The molecular formula is C21H27Cl2NO2. The highest BCUT2D eigenvalue weighted by molar-refractivity contribution is 6.30. The molecule has 2 unspecified atom stereocenters. The summed E-state index contributed by atoms with van der Waals surface area (Å²) < 4.78 is 5.35. The molecule has 1 fully saturated rings. The molecule has 3 nitrogen and oxygen atoms in total. The Morgan fingerprint density at radius 2 is 2.00 bits per heavy atom. The van der Waals surface area contributed by atoms with Gasteiger partial charge in [0.1, 0.15) is 5.75 Å². The Kier molecular flexibility index (Phi) is 8.23. The van der Waals surface area contributed by atoms with Crippen molar-refractivity contribution < 1.29 is 9.84 Å². The van der Waals surface area contributed by atoms with Crippen molar-refractivity contribution in [2.45, 2.75) is 43.7 Å². The zero-order valence-electron chi connectivity index (χ0n) is 15.0. The standard InChI is InChI=1S/C21H26ClNO2.ClH/c1-25-20-10-4-6-16(13-20)15-5-3-9-19(12-15)23-14-21(24)17-7-2-8-18(22)11-17;/h2,4,6-8,10-11,13,15,19,21,23-24H,3,5,9,12,14H2,1H3;1H/t15?,19?,21-;/m0./s1.